The molecule has 8 nitrogen and oxygen atoms in total. The Bertz CT molecular complexity index is 493. The van der Waals surface area contributed by atoms with Gasteiger partial charge in [0.05, 0.1) is 5.56 Å². The van der Waals surface area contributed by atoms with E-state index >= 15 is 0 Å². The summed E-state index contributed by atoms with van der Waals surface area (Å²) in [6, 6.07) is -1.26. The highest BCUT2D eigenvalue weighted by Crippen LogP contribution is 2.23. The van der Waals surface area contributed by atoms with Crippen molar-refractivity contribution in [2.45, 2.75) is 19.4 Å². The van der Waals surface area contributed by atoms with Crippen molar-refractivity contribution in [3.8, 4) is 5.88 Å². The third-order valence-electron chi connectivity index (χ3n) is 2.24. The van der Waals surface area contributed by atoms with Crippen molar-refractivity contribution >= 4 is 11.9 Å². The summed E-state index contributed by atoms with van der Waals surface area (Å²) < 4.78 is 9.81. The lowest BCUT2D eigenvalue weighted by Gasteiger charge is -2.06. The molecule has 8 heteroatoms. The Labute approximate surface area is 108 Å². The minimum Gasteiger partial charge on any atom is -0.480 e. The second-order valence-corrected chi connectivity index (χ2v) is 3.63. The molecule has 0 unspecified atom stereocenters. The molecule has 1 atom stereocenters. The van der Waals surface area contributed by atoms with Gasteiger partial charge in [-0.2, -0.15) is 0 Å². The smallest absolute Gasteiger partial charge is 0.375 e. The first kappa shape index (κ1) is 14.7. The van der Waals surface area contributed by atoms with Gasteiger partial charge >= 0.3 is 11.9 Å². The standard InChI is InChI=1S/C11H14N2O6/c1-2-3-4-18-9-6(5-7(12)10(14)15)8(11(16)17)19-13-9/h2-3,7H,4-5,12H2,1H3,(H,14,15)(H,16,17)/b3-2+/t7-/m0/s1. The molecular formula is C11H14N2O6. The van der Waals surface area contributed by atoms with E-state index in [0.29, 0.717) is 0 Å². The number of aromatic carboxylic acids is 1. The van der Waals surface area contributed by atoms with Crippen LogP contribution in [-0.2, 0) is 11.2 Å². The molecule has 0 aliphatic rings. The van der Waals surface area contributed by atoms with Crippen LogP contribution in [0.15, 0.2) is 16.7 Å². The second-order valence-electron chi connectivity index (χ2n) is 3.63. The number of aromatic nitrogens is 1. The molecule has 1 rings (SSSR count). The van der Waals surface area contributed by atoms with Crippen molar-refractivity contribution in [3.05, 3.63) is 23.5 Å². The Morgan fingerprint density at radius 1 is 1.53 bits per heavy atom. The fourth-order valence-electron chi connectivity index (χ4n) is 1.29. The Hall–Kier alpha value is -2.35. The number of hydrogen-bond donors (Lipinski definition) is 3. The van der Waals surface area contributed by atoms with E-state index in [4.69, 9.17) is 20.7 Å². The number of allylic oxidation sites excluding steroid dienone is 1. The van der Waals surface area contributed by atoms with E-state index in [1.54, 1.807) is 19.1 Å². The largest absolute Gasteiger partial charge is 0.480 e. The molecular weight excluding hydrogens is 256 g/mol. The lowest BCUT2D eigenvalue weighted by Crippen LogP contribution is -2.32. The predicted octanol–water partition coefficient (Wildman–Crippen LogP) is 0.282. The monoisotopic (exact) mass is 270 g/mol. The van der Waals surface area contributed by atoms with E-state index in [0.717, 1.165) is 0 Å². The summed E-state index contributed by atoms with van der Waals surface area (Å²) in [5.41, 5.74) is 5.40. The van der Waals surface area contributed by atoms with Crippen LogP contribution in [0.4, 0.5) is 0 Å². The highest BCUT2D eigenvalue weighted by Gasteiger charge is 2.26. The molecule has 0 spiro atoms. The number of ether oxygens (including phenoxy) is 1. The molecule has 4 N–H and O–H groups in total. The summed E-state index contributed by atoms with van der Waals surface area (Å²) in [5, 5.41) is 21.1. The number of rotatable bonds is 7. The predicted molar refractivity (Wildman–Crippen MR) is 63.1 cm³/mol. The van der Waals surface area contributed by atoms with Crippen LogP contribution in [0.25, 0.3) is 0 Å². The number of nitrogens with zero attached hydrogens (tertiary/aromatic N) is 1. The number of carbonyl (C=O) groups is 2. The van der Waals surface area contributed by atoms with Gasteiger partial charge in [0, 0.05) is 6.42 Å². The van der Waals surface area contributed by atoms with Crippen molar-refractivity contribution < 1.29 is 29.1 Å². The second kappa shape index (κ2) is 6.55. The highest BCUT2D eigenvalue weighted by atomic mass is 16.5. The van der Waals surface area contributed by atoms with E-state index in [-0.39, 0.29) is 24.5 Å². The van der Waals surface area contributed by atoms with E-state index < -0.39 is 23.7 Å². The van der Waals surface area contributed by atoms with Crippen molar-refractivity contribution in [1.82, 2.24) is 5.16 Å². The summed E-state index contributed by atoms with van der Waals surface area (Å²) >= 11 is 0. The van der Waals surface area contributed by atoms with E-state index in [2.05, 4.69) is 9.68 Å². The van der Waals surface area contributed by atoms with Gasteiger partial charge in [0.15, 0.2) is 0 Å². The van der Waals surface area contributed by atoms with Gasteiger partial charge in [-0.25, -0.2) is 4.79 Å². The van der Waals surface area contributed by atoms with Gasteiger partial charge in [0.2, 0.25) is 0 Å². The average molecular weight is 270 g/mol. The molecule has 1 aromatic rings. The van der Waals surface area contributed by atoms with Gasteiger partial charge < -0.3 is 25.2 Å². The summed E-state index contributed by atoms with van der Waals surface area (Å²) in [6.07, 6.45) is 3.17. The summed E-state index contributed by atoms with van der Waals surface area (Å²) in [6.45, 7) is 1.95. The van der Waals surface area contributed by atoms with Crippen LogP contribution in [0, 0.1) is 0 Å². The topological polar surface area (TPSA) is 136 Å². The third-order valence-corrected chi connectivity index (χ3v) is 2.24. The van der Waals surface area contributed by atoms with E-state index in [1.165, 1.54) is 0 Å². The molecule has 1 heterocycles. The summed E-state index contributed by atoms with van der Waals surface area (Å²) in [7, 11) is 0. The molecule has 0 aliphatic carbocycles. The maximum absolute atomic E-state index is 10.9. The molecule has 0 bridgehead atoms. The molecule has 0 aliphatic heterocycles. The van der Waals surface area contributed by atoms with Crippen molar-refractivity contribution in [3.63, 3.8) is 0 Å². The SMILES string of the molecule is C/C=C/COc1noc(C(=O)O)c1C[C@H](N)C(=O)O. The number of hydrogen-bond acceptors (Lipinski definition) is 6. The highest BCUT2D eigenvalue weighted by molar-refractivity contribution is 5.87. The Morgan fingerprint density at radius 3 is 2.74 bits per heavy atom. The quantitative estimate of drug-likeness (QED) is 0.601. The van der Waals surface area contributed by atoms with Crippen LogP contribution >= 0.6 is 0 Å². The van der Waals surface area contributed by atoms with Crippen molar-refractivity contribution in [2.75, 3.05) is 6.61 Å². The van der Waals surface area contributed by atoms with Gasteiger partial charge in [-0.15, -0.1) is 0 Å². The lowest BCUT2D eigenvalue weighted by molar-refractivity contribution is -0.138. The Morgan fingerprint density at radius 2 is 2.21 bits per heavy atom. The third kappa shape index (κ3) is 3.81. The van der Waals surface area contributed by atoms with E-state index in [9.17, 15) is 9.59 Å². The van der Waals surface area contributed by atoms with E-state index in [1.807, 2.05) is 0 Å². The molecule has 0 saturated carbocycles. The molecule has 104 valence electrons. The van der Waals surface area contributed by atoms with Gasteiger partial charge in [-0.3, -0.25) is 4.79 Å². The van der Waals surface area contributed by atoms with Crippen LogP contribution in [0.5, 0.6) is 5.88 Å². The zero-order valence-electron chi connectivity index (χ0n) is 10.2. The summed E-state index contributed by atoms with van der Waals surface area (Å²) in [5.74, 6) is -3.14. The minimum absolute atomic E-state index is 0.0342. The molecule has 0 amide bonds. The fourth-order valence-corrected chi connectivity index (χ4v) is 1.29. The first-order valence-electron chi connectivity index (χ1n) is 5.41. The number of carboxylic acids is 2. The summed E-state index contributed by atoms with van der Waals surface area (Å²) in [4.78, 5) is 21.6. The molecule has 1 aromatic heterocycles. The van der Waals surface area contributed by atoms with Gasteiger partial charge in [0.1, 0.15) is 12.6 Å². The fraction of sp³-hybridized carbons (Fsp3) is 0.364. The maximum atomic E-state index is 10.9. The molecule has 19 heavy (non-hydrogen) atoms. The first-order valence-corrected chi connectivity index (χ1v) is 5.41. The number of aliphatic carboxylic acids is 1. The molecule has 0 aromatic carbocycles. The minimum atomic E-state index is -1.36. The maximum Gasteiger partial charge on any atom is 0.375 e. The van der Waals surface area contributed by atoms with Crippen molar-refractivity contribution in [1.29, 1.82) is 0 Å². The van der Waals surface area contributed by atoms with Crippen LogP contribution < -0.4 is 10.5 Å². The Kier molecular flexibility index (Phi) is 5.07. The first-order chi connectivity index (χ1) is 8.97. The zero-order chi connectivity index (χ0) is 14.4. The number of carboxylic acid groups (broad SMARTS) is 2. The van der Waals surface area contributed by atoms with Gasteiger partial charge in [-0.1, -0.05) is 12.2 Å². The average Bonchev–Trinajstić information content (AvgIpc) is 2.73. The van der Waals surface area contributed by atoms with Gasteiger partial charge in [0.25, 0.3) is 11.6 Å². The number of nitrogens with two attached hydrogens (primary N) is 1. The van der Waals surface area contributed by atoms with Crippen LogP contribution in [0.3, 0.4) is 0 Å². The van der Waals surface area contributed by atoms with Crippen LogP contribution in [0.2, 0.25) is 0 Å². The van der Waals surface area contributed by atoms with Crippen molar-refractivity contribution in [2.24, 2.45) is 5.73 Å². The molecule has 0 radical (unpaired) electrons. The van der Waals surface area contributed by atoms with Crippen LogP contribution in [-0.4, -0.2) is 40.0 Å². The molecule has 0 saturated heterocycles. The zero-order valence-corrected chi connectivity index (χ0v) is 10.2. The lowest BCUT2D eigenvalue weighted by atomic mass is 10.1. The Balaban J connectivity index is 2.97. The van der Waals surface area contributed by atoms with Crippen LogP contribution in [0.1, 0.15) is 23.0 Å². The van der Waals surface area contributed by atoms with Gasteiger partial charge in [-0.05, 0) is 12.1 Å². The molecule has 0 fully saturated rings. The normalized spacial score (nSPS) is 12.5.